The van der Waals surface area contributed by atoms with Gasteiger partial charge >= 0.3 is 6.09 Å². The van der Waals surface area contributed by atoms with Crippen LogP contribution in [0.3, 0.4) is 0 Å². The van der Waals surface area contributed by atoms with Gasteiger partial charge in [-0.2, -0.15) is 0 Å². The smallest absolute Gasteiger partial charge is 0.410 e. The Bertz CT molecular complexity index is 1050. The van der Waals surface area contributed by atoms with Crippen LogP contribution in [-0.4, -0.2) is 71.8 Å². The maximum atomic E-state index is 14.1. The number of aliphatic hydroxyl groups excluding tert-OH is 1. The van der Waals surface area contributed by atoms with E-state index in [2.05, 4.69) is 4.90 Å². The fraction of sp³-hybridized carbons (Fsp3) is 0.643. The highest BCUT2D eigenvalue weighted by molar-refractivity contribution is 6.33. The molecule has 2 amide bonds. The number of hydrogen-bond donors (Lipinski definition) is 1. The number of hydrogen-bond acceptors (Lipinski definition) is 5. The first-order valence-electron chi connectivity index (χ1n) is 13.5. The minimum atomic E-state index is -0.796. The molecule has 7 nitrogen and oxygen atoms in total. The van der Waals surface area contributed by atoms with E-state index < -0.39 is 5.41 Å². The molecular weight excluding hydrogens is 478 g/mol. The summed E-state index contributed by atoms with van der Waals surface area (Å²) >= 11 is 6.70. The van der Waals surface area contributed by atoms with Crippen LogP contribution in [0.15, 0.2) is 29.5 Å². The molecule has 1 N–H and O–H groups in total. The van der Waals surface area contributed by atoms with Crippen LogP contribution in [0.25, 0.3) is 0 Å². The van der Waals surface area contributed by atoms with Gasteiger partial charge in [-0.1, -0.05) is 23.2 Å². The molecule has 0 bridgehead atoms. The van der Waals surface area contributed by atoms with Crippen LogP contribution in [0.5, 0.6) is 0 Å². The number of anilines is 1. The van der Waals surface area contributed by atoms with Crippen molar-refractivity contribution in [1.29, 1.82) is 0 Å². The fourth-order valence-corrected chi connectivity index (χ4v) is 6.92. The molecule has 8 heteroatoms. The first-order chi connectivity index (χ1) is 17.4. The SMILES string of the molecule is CC(C)OC(=O)N1CC2(C1)C(=O)N(CC1CCC3=C(CCCC3)N1CCCCO)c1cccc(Cl)c12. The Kier molecular flexibility index (Phi) is 7.23. The molecule has 0 saturated carbocycles. The van der Waals surface area contributed by atoms with Gasteiger partial charge in [-0.05, 0) is 77.3 Å². The van der Waals surface area contributed by atoms with Crippen molar-refractivity contribution in [3.05, 3.63) is 40.1 Å². The number of nitrogens with zero attached hydrogens (tertiary/aromatic N) is 3. The van der Waals surface area contributed by atoms with Crippen molar-refractivity contribution in [2.45, 2.75) is 82.8 Å². The van der Waals surface area contributed by atoms with Gasteiger partial charge in [0.1, 0.15) is 5.41 Å². The fourth-order valence-electron chi connectivity index (χ4n) is 6.57. The zero-order chi connectivity index (χ0) is 25.4. The molecule has 5 rings (SSSR count). The summed E-state index contributed by atoms with van der Waals surface area (Å²) in [5.41, 5.74) is 4.01. The number of fused-ring (bicyclic) bond motifs is 2. The van der Waals surface area contributed by atoms with Crippen LogP contribution in [0.2, 0.25) is 5.02 Å². The number of halogens is 1. The largest absolute Gasteiger partial charge is 0.447 e. The molecular formula is C28H38ClN3O4. The average molecular weight is 516 g/mol. The number of carbonyl (C=O) groups excluding carboxylic acids is 2. The molecule has 1 saturated heterocycles. The highest BCUT2D eigenvalue weighted by Gasteiger charge is 2.60. The lowest BCUT2D eigenvalue weighted by molar-refractivity contribution is -0.128. The van der Waals surface area contributed by atoms with Crippen molar-refractivity contribution in [2.24, 2.45) is 0 Å². The van der Waals surface area contributed by atoms with Crippen molar-refractivity contribution in [1.82, 2.24) is 9.80 Å². The lowest BCUT2D eigenvalue weighted by Crippen LogP contribution is -2.66. The molecule has 1 atom stereocenters. The summed E-state index contributed by atoms with van der Waals surface area (Å²) in [4.78, 5) is 32.6. The second-order valence-corrected chi connectivity index (χ2v) is 11.4. The normalized spacial score (nSPS) is 22.8. The van der Waals surface area contributed by atoms with E-state index in [1.165, 1.54) is 25.0 Å². The van der Waals surface area contributed by atoms with Crippen LogP contribution >= 0.6 is 11.6 Å². The molecule has 36 heavy (non-hydrogen) atoms. The van der Waals surface area contributed by atoms with Gasteiger partial charge < -0.3 is 24.5 Å². The van der Waals surface area contributed by atoms with Gasteiger partial charge in [-0.25, -0.2) is 4.79 Å². The number of benzene rings is 1. The monoisotopic (exact) mass is 515 g/mol. The van der Waals surface area contributed by atoms with Gasteiger partial charge in [0.15, 0.2) is 0 Å². The van der Waals surface area contributed by atoms with E-state index in [4.69, 9.17) is 16.3 Å². The Morgan fingerprint density at radius 1 is 1.19 bits per heavy atom. The summed E-state index contributed by atoms with van der Waals surface area (Å²) in [6, 6.07) is 5.97. The summed E-state index contributed by atoms with van der Waals surface area (Å²) in [5.74, 6) is 0.0397. The topological polar surface area (TPSA) is 73.3 Å². The zero-order valence-electron chi connectivity index (χ0n) is 21.5. The van der Waals surface area contributed by atoms with E-state index in [-0.39, 0.29) is 30.8 Å². The minimum absolute atomic E-state index is 0.0397. The summed E-state index contributed by atoms with van der Waals surface area (Å²) in [6.45, 7) is 5.97. The average Bonchev–Trinajstić information content (AvgIpc) is 3.08. The predicted octanol–water partition coefficient (Wildman–Crippen LogP) is 4.85. The number of unbranched alkanes of at least 4 members (excludes halogenated alkanes) is 1. The Labute approximate surface area is 219 Å². The summed E-state index contributed by atoms with van der Waals surface area (Å²) in [6.07, 6.45) is 8.05. The molecule has 1 unspecified atom stereocenters. The van der Waals surface area contributed by atoms with E-state index in [9.17, 15) is 14.7 Å². The van der Waals surface area contributed by atoms with Gasteiger partial charge in [-0.15, -0.1) is 0 Å². The Morgan fingerprint density at radius 3 is 2.72 bits per heavy atom. The number of allylic oxidation sites excluding steroid dienone is 2. The van der Waals surface area contributed by atoms with Crippen molar-refractivity contribution in [3.8, 4) is 0 Å². The molecule has 1 aromatic rings. The van der Waals surface area contributed by atoms with Crippen molar-refractivity contribution >= 4 is 29.3 Å². The highest BCUT2D eigenvalue weighted by atomic mass is 35.5. The molecule has 0 aromatic heterocycles. The maximum Gasteiger partial charge on any atom is 0.410 e. The molecule has 0 radical (unpaired) electrons. The first-order valence-corrected chi connectivity index (χ1v) is 13.9. The van der Waals surface area contributed by atoms with Gasteiger partial charge in [0.2, 0.25) is 5.91 Å². The van der Waals surface area contributed by atoms with Gasteiger partial charge in [0.25, 0.3) is 0 Å². The van der Waals surface area contributed by atoms with Crippen LogP contribution in [0, 0.1) is 0 Å². The van der Waals surface area contributed by atoms with E-state index in [0.29, 0.717) is 24.7 Å². The van der Waals surface area contributed by atoms with Crippen molar-refractivity contribution in [3.63, 3.8) is 0 Å². The molecule has 1 aliphatic carbocycles. The third-order valence-corrected chi connectivity index (χ3v) is 8.56. The quantitative estimate of drug-likeness (QED) is 0.525. The van der Waals surface area contributed by atoms with Crippen LogP contribution < -0.4 is 4.90 Å². The van der Waals surface area contributed by atoms with E-state index >= 15 is 0 Å². The Morgan fingerprint density at radius 2 is 1.97 bits per heavy atom. The highest BCUT2D eigenvalue weighted by Crippen LogP contribution is 2.51. The zero-order valence-corrected chi connectivity index (χ0v) is 22.2. The maximum absolute atomic E-state index is 14.1. The Balaban J connectivity index is 1.40. The number of amides is 2. The van der Waals surface area contributed by atoms with Crippen molar-refractivity contribution < 1.29 is 19.4 Å². The molecule has 1 aromatic carbocycles. The van der Waals surface area contributed by atoms with Crippen LogP contribution in [-0.2, 0) is 14.9 Å². The third kappa shape index (κ3) is 4.38. The van der Waals surface area contributed by atoms with Gasteiger partial charge in [-0.3, -0.25) is 4.79 Å². The van der Waals surface area contributed by atoms with Gasteiger partial charge in [0, 0.05) is 60.8 Å². The molecule has 1 fully saturated rings. The first kappa shape index (κ1) is 25.4. The summed E-state index contributed by atoms with van der Waals surface area (Å²) in [7, 11) is 0. The molecule has 1 spiro atoms. The number of ether oxygens (including phenoxy) is 1. The number of rotatable bonds is 7. The Hall–Kier alpha value is -2.25. The van der Waals surface area contributed by atoms with E-state index in [1.807, 2.05) is 36.9 Å². The second-order valence-electron chi connectivity index (χ2n) is 11.0. The van der Waals surface area contributed by atoms with E-state index in [0.717, 1.165) is 49.9 Å². The van der Waals surface area contributed by atoms with E-state index in [1.54, 1.807) is 10.5 Å². The second kappa shape index (κ2) is 10.3. The summed E-state index contributed by atoms with van der Waals surface area (Å²) in [5, 5.41) is 9.95. The summed E-state index contributed by atoms with van der Waals surface area (Å²) < 4.78 is 5.37. The molecule has 4 aliphatic rings. The number of carbonyl (C=O) groups is 2. The minimum Gasteiger partial charge on any atom is -0.447 e. The number of aliphatic hydroxyl groups is 1. The standard InChI is InChI=1S/C28H38ClN3O4/c1-19(2)36-27(35)30-17-28(18-30)25-22(29)9-7-11-24(25)32(26(28)34)16-21-13-12-20-8-3-4-10-23(20)31(21)14-5-6-15-33/h7,9,11,19,21,33H,3-6,8,10,12-18H2,1-2H3. The van der Waals surface area contributed by atoms with Crippen LogP contribution in [0.1, 0.15) is 70.8 Å². The van der Waals surface area contributed by atoms with Crippen LogP contribution in [0.4, 0.5) is 10.5 Å². The molecule has 196 valence electrons. The lowest BCUT2D eigenvalue weighted by atomic mass is 9.74. The third-order valence-electron chi connectivity index (χ3n) is 8.25. The van der Waals surface area contributed by atoms with Crippen molar-refractivity contribution in [2.75, 3.05) is 37.7 Å². The molecule has 3 heterocycles. The lowest BCUT2D eigenvalue weighted by Gasteiger charge is -2.47. The van der Waals surface area contributed by atoms with Gasteiger partial charge in [0.05, 0.1) is 6.10 Å². The number of likely N-dealkylation sites (tertiary alicyclic amines) is 1. The molecule has 3 aliphatic heterocycles. The predicted molar refractivity (Wildman–Crippen MR) is 140 cm³/mol.